The van der Waals surface area contributed by atoms with Crippen LogP contribution in [-0.2, 0) is 9.59 Å². The van der Waals surface area contributed by atoms with Crippen molar-refractivity contribution in [3.8, 4) is 5.75 Å². The first-order chi connectivity index (χ1) is 12.0. The standard InChI is InChI=1S/C17H16ClN3O3S/c18-13-3-7-15(8-4-13)25-11-17(23)21-20-9-12-1-5-14(6-2-12)24-10-16(19)22/h1-9H,10-11H2,(H2,19,22)(H,21,23)/b20-9+. The Balaban J connectivity index is 1.74. The summed E-state index contributed by atoms with van der Waals surface area (Å²) in [7, 11) is 0. The fourth-order valence-electron chi connectivity index (χ4n) is 1.70. The van der Waals surface area contributed by atoms with E-state index in [1.807, 2.05) is 12.1 Å². The number of primary amides is 1. The van der Waals surface area contributed by atoms with Gasteiger partial charge >= 0.3 is 0 Å². The van der Waals surface area contributed by atoms with E-state index < -0.39 is 5.91 Å². The van der Waals surface area contributed by atoms with Gasteiger partial charge in [-0.25, -0.2) is 5.43 Å². The number of hydrazone groups is 1. The van der Waals surface area contributed by atoms with Crippen LogP contribution < -0.4 is 15.9 Å². The third-order valence-electron chi connectivity index (χ3n) is 2.85. The predicted molar refractivity (Wildman–Crippen MR) is 99.0 cm³/mol. The van der Waals surface area contributed by atoms with E-state index in [4.69, 9.17) is 22.1 Å². The van der Waals surface area contributed by atoms with Gasteiger partial charge in [0.25, 0.3) is 5.91 Å². The number of carbonyl (C=O) groups is 2. The number of benzene rings is 2. The Labute approximate surface area is 154 Å². The number of halogens is 1. The Kier molecular flexibility index (Phi) is 7.31. The van der Waals surface area contributed by atoms with Gasteiger partial charge in [-0.05, 0) is 54.1 Å². The highest BCUT2D eigenvalue weighted by molar-refractivity contribution is 8.00. The minimum atomic E-state index is -0.537. The molecule has 3 N–H and O–H groups in total. The van der Waals surface area contributed by atoms with E-state index in [-0.39, 0.29) is 18.3 Å². The molecule has 8 heteroatoms. The van der Waals surface area contributed by atoms with Gasteiger partial charge in [0.05, 0.1) is 12.0 Å². The van der Waals surface area contributed by atoms with Crippen LogP contribution in [0, 0.1) is 0 Å². The fourth-order valence-corrected chi connectivity index (χ4v) is 2.51. The molecule has 0 aliphatic rings. The maximum atomic E-state index is 11.7. The number of hydrogen-bond donors (Lipinski definition) is 2. The zero-order valence-corrected chi connectivity index (χ0v) is 14.7. The number of nitrogens with two attached hydrogens (primary N) is 1. The van der Waals surface area contributed by atoms with Crippen molar-refractivity contribution in [1.82, 2.24) is 5.43 Å². The van der Waals surface area contributed by atoms with Crippen molar-refractivity contribution in [2.24, 2.45) is 10.8 Å². The lowest BCUT2D eigenvalue weighted by Crippen LogP contribution is -2.20. The minimum Gasteiger partial charge on any atom is -0.484 e. The summed E-state index contributed by atoms with van der Waals surface area (Å²) in [5.74, 6) is 0.0283. The summed E-state index contributed by atoms with van der Waals surface area (Å²) in [5, 5.41) is 4.55. The van der Waals surface area contributed by atoms with Crippen LogP contribution in [0.2, 0.25) is 5.02 Å². The van der Waals surface area contributed by atoms with E-state index in [0.29, 0.717) is 10.8 Å². The minimum absolute atomic E-state index is 0.172. The first-order valence-corrected chi connectivity index (χ1v) is 8.61. The Bertz CT molecular complexity index is 749. The van der Waals surface area contributed by atoms with Gasteiger partial charge in [-0.3, -0.25) is 9.59 Å². The van der Waals surface area contributed by atoms with E-state index in [9.17, 15) is 9.59 Å². The fraction of sp³-hybridized carbons (Fsp3) is 0.118. The molecular formula is C17H16ClN3O3S. The molecule has 0 saturated heterocycles. The Morgan fingerprint density at radius 2 is 1.84 bits per heavy atom. The summed E-state index contributed by atoms with van der Waals surface area (Å²) >= 11 is 7.20. The monoisotopic (exact) mass is 377 g/mol. The SMILES string of the molecule is NC(=O)COc1ccc(/C=N/NC(=O)CSc2ccc(Cl)cc2)cc1. The molecule has 25 heavy (non-hydrogen) atoms. The van der Waals surface area contributed by atoms with Gasteiger partial charge in [-0.1, -0.05) is 11.6 Å². The number of thioether (sulfide) groups is 1. The number of carbonyl (C=O) groups excluding carboxylic acids is 2. The lowest BCUT2D eigenvalue weighted by molar-refractivity contribution is -0.120. The first kappa shape index (κ1) is 18.8. The van der Waals surface area contributed by atoms with E-state index in [2.05, 4.69) is 10.5 Å². The van der Waals surface area contributed by atoms with Crippen molar-refractivity contribution in [1.29, 1.82) is 0 Å². The molecule has 2 amide bonds. The molecule has 0 aliphatic heterocycles. The van der Waals surface area contributed by atoms with Crippen LogP contribution in [0.3, 0.4) is 0 Å². The maximum absolute atomic E-state index is 11.7. The van der Waals surface area contributed by atoms with Crippen LogP contribution in [0.5, 0.6) is 5.75 Å². The van der Waals surface area contributed by atoms with Crippen molar-refractivity contribution < 1.29 is 14.3 Å². The lowest BCUT2D eigenvalue weighted by Gasteiger charge is -2.03. The molecule has 0 spiro atoms. The number of amides is 2. The molecule has 0 unspecified atom stereocenters. The van der Waals surface area contributed by atoms with Crippen LogP contribution in [0.1, 0.15) is 5.56 Å². The molecule has 0 atom stereocenters. The smallest absolute Gasteiger partial charge is 0.255 e. The summed E-state index contributed by atoms with van der Waals surface area (Å²) in [6, 6.07) is 14.1. The topological polar surface area (TPSA) is 93.8 Å². The van der Waals surface area contributed by atoms with E-state index >= 15 is 0 Å². The second kappa shape index (κ2) is 9.71. The molecule has 0 fully saturated rings. The second-order valence-corrected chi connectivity index (χ2v) is 6.34. The molecular weight excluding hydrogens is 362 g/mol. The van der Waals surface area contributed by atoms with Gasteiger partial charge in [0, 0.05) is 9.92 Å². The second-order valence-electron chi connectivity index (χ2n) is 4.86. The Hall–Kier alpha value is -2.51. The average molecular weight is 378 g/mol. The maximum Gasteiger partial charge on any atom is 0.255 e. The van der Waals surface area contributed by atoms with Gasteiger partial charge in [-0.2, -0.15) is 5.10 Å². The largest absolute Gasteiger partial charge is 0.484 e. The van der Waals surface area contributed by atoms with E-state index in [1.165, 1.54) is 18.0 Å². The van der Waals surface area contributed by atoms with Gasteiger partial charge in [-0.15, -0.1) is 11.8 Å². The van der Waals surface area contributed by atoms with Crippen LogP contribution in [0.4, 0.5) is 0 Å². The van der Waals surface area contributed by atoms with E-state index in [1.54, 1.807) is 36.4 Å². The normalized spacial score (nSPS) is 10.6. The molecule has 0 heterocycles. The van der Waals surface area contributed by atoms with Crippen molar-refractivity contribution in [2.45, 2.75) is 4.90 Å². The highest BCUT2D eigenvalue weighted by Gasteiger charge is 2.02. The van der Waals surface area contributed by atoms with Crippen LogP contribution in [0.15, 0.2) is 58.5 Å². The number of ether oxygens (including phenoxy) is 1. The quantitative estimate of drug-likeness (QED) is 0.419. The summed E-state index contributed by atoms with van der Waals surface area (Å²) in [4.78, 5) is 23.3. The summed E-state index contributed by atoms with van der Waals surface area (Å²) < 4.78 is 5.15. The zero-order valence-electron chi connectivity index (χ0n) is 13.1. The predicted octanol–water partition coefficient (Wildman–Crippen LogP) is 2.45. The highest BCUT2D eigenvalue weighted by Crippen LogP contribution is 2.19. The molecule has 0 saturated carbocycles. The number of nitrogens with zero attached hydrogens (tertiary/aromatic N) is 1. The van der Waals surface area contributed by atoms with Gasteiger partial charge in [0.15, 0.2) is 6.61 Å². The van der Waals surface area contributed by atoms with Crippen molar-refractivity contribution >= 4 is 41.4 Å². The molecule has 0 radical (unpaired) electrons. The molecule has 0 bridgehead atoms. The first-order valence-electron chi connectivity index (χ1n) is 7.24. The van der Waals surface area contributed by atoms with Crippen molar-refractivity contribution in [2.75, 3.05) is 12.4 Å². The summed E-state index contributed by atoms with van der Waals surface area (Å²) in [6.07, 6.45) is 1.52. The Morgan fingerprint density at radius 3 is 2.48 bits per heavy atom. The van der Waals surface area contributed by atoms with Crippen LogP contribution in [-0.4, -0.2) is 30.4 Å². The van der Waals surface area contributed by atoms with Gasteiger partial charge in [0.2, 0.25) is 5.91 Å². The van der Waals surface area contributed by atoms with Crippen LogP contribution >= 0.6 is 23.4 Å². The molecule has 130 valence electrons. The van der Waals surface area contributed by atoms with Crippen LogP contribution in [0.25, 0.3) is 0 Å². The number of hydrogen-bond acceptors (Lipinski definition) is 5. The summed E-state index contributed by atoms with van der Waals surface area (Å²) in [6.45, 7) is -0.172. The average Bonchev–Trinajstić information content (AvgIpc) is 2.60. The third-order valence-corrected chi connectivity index (χ3v) is 4.11. The molecule has 2 rings (SSSR count). The van der Waals surface area contributed by atoms with Crippen molar-refractivity contribution in [3.05, 3.63) is 59.1 Å². The molecule has 2 aromatic carbocycles. The highest BCUT2D eigenvalue weighted by atomic mass is 35.5. The molecule has 2 aromatic rings. The summed E-state index contributed by atoms with van der Waals surface area (Å²) in [5.41, 5.74) is 8.23. The third kappa shape index (κ3) is 7.28. The number of rotatable bonds is 8. The Morgan fingerprint density at radius 1 is 1.16 bits per heavy atom. The van der Waals surface area contributed by atoms with Crippen molar-refractivity contribution in [3.63, 3.8) is 0 Å². The molecule has 6 nitrogen and oxygen atoms in total. The van der Waals surface area contributed by atoms with Gasteiger partial charge < -0.3 is 10.5 Å². The number of nitrogens with one attached hydrogen (secondary N) is 1. The lowest BCUT2D eigenvalue weighted by atomic mass is 10.2. The molecule has 0 aliphatic carbocycles. The zero-order chi connectivity index (χ0) is 18.1. The van der Waals surface area contributed by atoms with E-state index in [0.717, 1.165) is 10.5 Å². The molecule has 0 aromatic heterocycles. The van der Waals surface area contributed by atoms with Gasteiger partial charge in [0.1, 0.15) is 5.75 Å².